The number of nitrogens with one attached hydrogen (secondary N) is 2. The van der Waals surface area contributed by atoms with E-state index in [1.54, 1.807) is 17.5 Å². The number of methoxy groups -OCH3 is 1. The number of para-hydroxylation sites is 1. The third-order valence-corrected chi connectivity index (χ3v) is 6.19. The zero-order valence-corrected chi connectivity index (χ0v) is 16.9. The lowest BCUT2D eigenvalue weighted by Crippen LogP contribution is -2.16. The van der Waals surface area contributed by atoms with Crippen molar-refractivity contribution in [2.24, 2.45) is 0 Å². The van der Waals surface area contributed by atoms with Crippen LogP contribution in [0.5, 0.6) is 5.75 Å². The minimum Gasteiger partial charge on any atom is -0.497 e. The summed E-state index contributed by atoms with van der Waals surface area (Å²) < 4.78 is 32.4. The lowest BCUT2D eigenvalue weighted by molar-refractivity contribution is -0.115. The van der Waals surface area contributed by atoms with Gasteiger partial charge in [0.25, 0.3) is 10.0 Å². The van der Waals surface area contributed by atoms with Crippen molar-refractivity contribution in [1.29, 1.82) is 0 Å². The SMILES string of the molecule is COc1ccc(S(=O)(=O)Nc2nc(CC(=O)Nc3ccccc3C)cs2)cc1. The van der Waals surface area contributed by atoms with Gasteiger partial charge in [0.15, 0.2) is 5.13 Å². The van der Waals surface area contributed by atoms with E-state index in [1.165, 1.54) is 19.2 Å². The predicted octanol–water partition coefficient (Wildman–Crippen LogP) is 3.44. The van der Waals surface area contributed by atoms with Crippen molar-refractivity contribution in [2.75, 3.05) is 17.1 Å². The maximum Gasteiger partial charge on any atom is 0.263 e. The van der Waals surface area contributed by atoms with Crippen LogP contribution in [0, 0.1) is 6.92 Å². The number of benzene rings is 2. The summed E-state index contributed by atoms with van der Waals surface area (Å²) in [5, 5.41) is 4.69. The van der Waals surface area contributed by atoms with E-state index in [2.05, 4.69) is 15.0 Å². The van der Waals surface area contributed by atoms with E-state index in [4.69, 9.17) is 4.74 Å². The highest BCUT2D eigenvalue weighted by molar-refractivity contribution is 7.93. The van der Waals surface area contributed by atoms with Crippen molar-refractivity contribution >= 4 is 38.1 Å². The van der Waals surface area contributed by atoms with Gasteiger partial charge in [-0.05, 0) is 42.8 Å². The molecule has 9 heteroatoms. The zero-order valence-electron chi connectivity index (χ0n) is 15.3. The topological polar surface area (TPSA) is 97.4 Å². The number of carbonyl (C=O) groups is 1. The fraction of sp³-hybridized carbons (Fsp3) is 0.158. The van der Waals surface area contributed by atoms with Crippen molar-refractivity contribution in [3.8, 4) is 5.75 Å². The lowest BCUT2D eigenvalue weighted by atomic mass is 10.2. The molecule has 1 heterocycles. The molecule has 1 amide bonds. The molecule has 2 N–H and O–H groups in total. The zero-order chi connectivity index (χ0) is 20.1. The van der Waals surface area contributed by atoms with Crippen LogP contribution in [-0.2, 0) is 21.2 Å². The normalized spacial score (nSPS) is 11.1. The highest BCUT2D eigenvalue weighted by Crippen LogP contribution is 2.22. The summed E-state index contributed by atoms with van der Waals surface area (Å²) in [6.07, 6.45) is 0.0507. The van der Waals surface area contributed by atoms with Crippen molar-refractivity contribution in [3.63, 3.8) is 0 Å². The summed E-state index contributed by atoms with van der Waals surface area (Å²) in [5.41, 5.74) is 2.19. The average molecular weight is 418 g/mol. The van der Waals surface area contributed by atoms with Gasteiger partial charge in [0.2, 0.25) is 5.91 Å². The fourth-order valence-corrected chi connectivity index (χ4v) is 4.40. The molecule has 3 rings (SSSR count). The molecule has 0 aliphatic heterocycles. The Bertz CT molecular complexity index is 1080. The van der Waals surface area contributed by atoms with Crippen LogP contribution in [0.2, 0.25) is 0 Å². The minimum atomic E-state index is -3.77. The van der Waals surface area contributed by atoms with E-state index in [9.17, 15) is 13.2 Å². The van der Waals surface area contributed by atoms with Crippen molar-refractivity contribution in [2.45, 2.75) is 18.2 Å². The predicted molar refractivity (Wildman–Crippen MR) is 109 cm³/mol. The van der Waals surface area contributed by atoms with Gasteiger partial charge in [-0.2, -0.15) is 0 Å². The minimum absolute atomic E-state index is 0.0507. The van der Waals surface area contributed by atoms with E-state index in [-0.39, 0.29) is 22.4 Å². The number of amides is 1. The van der Waals surface area contributed by atoms with Gasteiger partial charge in [-0.1, -0.05) is 18.2 Å². The molecule has 146 valence electrons. The van der Waals surface area contributed by atoms with Gasteiger partial charge in [-0.15, -0.1) is 11.3 Å². The first kappa shape index (κ1) is 19.8. The van der Waals surface area contributed by atoms with E-state index < -0.39 is 10.0 Å². The largest absolute Gasteiger partial charge is 0.497 e. The molecule has 0 radical (unpaired) electrons. The quantitative estimate of drug-likeness (QED) is 0.614. The summed E-state index contributed by atoms with van der Waals surface area (Å²) >= 11 is 1.12. The number of thiazole rings is 1. The van der Waals surface area contributed by atoms with Crippen LogP contribution in [0.1, 0.15) is 11.3 Å². The molecule has 0 fully saturated rings. The van der Waals surface area contributed by atoms with Crippen LogP contribution >= 0.6 is 11.3 Å². The first-order valence-corrected chi connectivity index (χ1v) is 10.7. The standard InChI is InChI=1S/C19H19N3O4S2/c1-13-5-3-4-6-17(13)21-18(23)11-14-12-27-19(20-14)22-28(24,25)16-9-7-15(26-2)8-10-16/h3-10,12H,11H2,1-2H3,(H,20,22)(H,21,23). The van der Waals surface area contributed by atoms with E-state index in [1.807, 2.05) is 31.2 Å². The molecule has 7 nitrogen and oxygen atoms in total. The third-order valence-electron chi connectivity index (χ3n) is 3.90. The number of hydrogen-bond donors (Lipinski definition) is 2. The first-order chi connectivity index (χ1) is 13.4. The van der Waals surface area contributed by atoms with Crippen LogP contribution < -0.4 is 14.8 Å². The van der Waals surface area contributed by atoms with Gasteiger partial charge in [-0.3, -0.25) is 9.52 Å². The number of aryl methyl sites for hydroxylation is 1. The summed E-state index contributed by atoms with van der Waals surface area (Å²) in [5.74, 6) is 0.347. The highest BCUT2D eigenvalue weighted by atomic mass is 32.2. The Kier molecular flexibility index (Phi) is 5.96. The summed E-state index contributed by atoms with van der Waals surface area (Å²) in [4.78, 5) is 16.5. The average Bonchev–Trinajstić information content (AvgIpc) is 3.09. The van der Waals surface area contributed by atoms with E-state index in [0.29, 0.717) is 11.4 Å². The van der Waals surface area contributed by atoms with Crippen molar-refractivity contribution in [1.82, 2.24) is 4.98 Å². The Morgan fingerprint density at radius 1 is 1.14 bits per heavy atom. The Hall–Kier alpha value is -2.91. The molecule has 3 aromatic rings. The molecule has 0 saturated heterocycles. The number of ether oxygens (including phenoxy) is 1. The van der Waals surface area contributed by atoms with Crippen LogP contribution in [-0.4, -0.2) is 26.4 Å². The molecule has 0 atom stereocenters. The van der Waals surface area contributed by atoms with E-state index in [0.717, 1.165) is 22.6 Å². The van der Waals surface area contributed by atoms with Crippen LogP contribution in [0.3, 0.4) is 0 Å². The number of nitrogens with zero attached hydrogens (tertiary/aromatic N) is 1. The van der Waals surface area contributed by atoms with Crippen LogP contribution in [0.15, 0.2) is 58.8 Å². The maximum atomic E-state index is 12.4. The second kappa shape index (κ2) is 8.41. The van der Waals surface area contributed by atoms with Gasteiger partial charge in [-0.25, -0.2) is 13.4 Å². The van der Waals surface area contributed by atoms with Crippen molar-refractivity contribution < 1.29 is 17.9 Å². The molecule has 28 heavy (non-hydrogen) atoms. The Balaban J connectivity index is 1.64. The molecule has 0 saturated carbocycles. The van der Waals surface area contributed by atoms with Gasteiger partial charge < -0.3 is 10.1 Å². The number of sulfonamides is 1. The fourth-order valence-electron chi connectivity index (χ4n) is 2.44. The number of carbonyl (C=O) groups excluding carboxylic acids is 1. The number of rotatable bonds is 7. The van der Waals surface area contributed by atoms with Gasteiger partial charge >= 0.3 is 0 Å². The Morgan fingerprint density at radius 2 is 1.86 bits per heavy atom. The second-order valence-electron chi connectivity index (χ2n) is 5.96. The summed E-state index contributed by atoms with van der Waals surface area (Å²) in [6.45, 7) is 1.91. The molecule has 2 aromatic carbocycles. The molecular weight excluding hydrogens is 398 g/mol. The molecule has 0 unspecified atom stereocenters. The third kappa shape index (κ3) is 4.87. The smallest absolute Gasteiger partial charge is 0.263 e. The Labute approximate surface area is 167 Å². The second-order valence-corrected chi connectivity index (χ2v) is 8.51. The highest BCUT2D eigenvalue weighted by Gasteiger charge is 2.17. The number of anilines is 2. The molecule has 0 bridgehead atoms. The van der Waals surface area contributed by atoms with Gasteiger partial charge in [0.1, 0.15) is 5.75 Å². The van der Waals surface area contributed by atoms with Crippen LogP contribution in [0.25, 0.3) is 0 Å². The molecular formula is C19H19N3O4S2. The first-order valence-electron chi connectivity index (χ1n) is 8.34. The lowest BCUT2D eigenvalue weighted by Gasteiger charge is -2.07. The Morgan fingerprint density at radius 3 is 2.54 bits per heavy atom. The summed E-state index contributed by atoms with van der Waals surface area (Å²) in [7, 11) is -2.26. The van der Waals surface area contributed by atoms with Gasteiger partial charge in [0, 0.05) is 11.1 Å². The van der Waals surface area contributed by atoms with E-state index >= 15 is 0 Å². The maximum absolute atomic E-state index is 12.4. The molecule has 0 aliphatic rings. The van der Waals surface area contributed by atoms with Gasteiger partial charge in [0.05, 0.1) is 24.1 Å². The number of hydrogen-bond acceptors (Lipinski definition) is 6. The van der Waals surface area contributed by atoms with Crippen molar-refractivity contribution in [3.05, 3.63) is 65.2 Å². The monoisotopic (exact) mass is 417 g/mol. The number of aromatic nitrogens is 1. The van der Waals surface area contributed by atoms with Crippen LogP contribution in [0.4, 0.5) is 10.8 Å². The molecule has 0 aliphatic carbocycles. The molecule has 0 spiro atoms. The summed E-state index contributed by atoms with van der Waals surface area (Å²) in [6, 6.07) is 13.5. The molecule has 1 aromatic heterocycles.